The van der Waals surface area contributed by atoms with Gasteiger partial charge in [-0.05, 0) is 30.9 Å². The van der Waals surface area contributed by atoms with Gasteiger partial charge < -0.3 is 11.1 Å². The molecule has 104 valence electrons. The van der Waals surface area contributed by atoms with E-state index in [0.717, 1.165) is 16.9 Å². The Morgan fingerprint density at radius 1 is 1.40 bits per heavy atom. The van der Waals surface area contributed by atoms with Crippen molar-refractivity contribution in [3.8, 4) is 11.3 Å². The van der Waals surface area contributed by atoms with Crippen molar-refractivity contribution < 1.29 is 4.79 Å². The normalized spacial score (nSPS) is 15.8. The van der Waals surface area contributed by atoms with Gasteiger partial charge in [0.25, 0.3) is 0 Å². The summed E-state index contributed by atoms with van der Waals surface area (Å²) < 4.78 is 0. The summed E-state index contributed by atoms with van der Waals surface area (Å²) in [7, 11) is 0. The number of rotatable bonds is 4. The van der Waals surface area contributed by atoms with Crippen molar-refractivity contribution in [1.29, 1.82) is 0 Å². The van der Waals surface area contributed by atoms with Gasteiger partial charge in [-0.15, -0.1) is 11.3 Å². The number of hydrogen-bond acceptors (Lipinski definition) is 4. The lowest BCUT2D eigenvalue weighted by atomic mass is 10.1. The number of hydrogen-bond donors (Lipinski definition) is 2. The van der Waals surface area contributed by atoms with Crippen LogP contribution in [0.15, 0.2) is 29.6 Å². The van der Waals surface area contributed by atoms with Crippen LogP contribution in [0.3, 0.4) is 0 Å². The number of amides is 1. The fourth-order valence-corrected chi connectivity index (χ4v) is 2.87. The maximum atomic E-state index is 12.0. The van der Waals surface area contributed by atoms with E-state index in [0.29, 0.717) is 11.0 Å². The number of thiazole rings is 1. The van der Waals surface area contributed by atoms with Crippen molar-refractivity contribution in [1.82, 2.24) is 4.98 Å². The van der Waals surface area contributed by atoms with Crippen LogP contribution in [0.2, 0.25) is 0 Å². The van der Waals surface area contributed by atoms with E-state index in [1.165, 1.54) is 24.2 Å². The molecule has 1 saturated carbocycles. The highest BCUT2D eigenvalue weighted by atomic mass is 32.1. The van der Waals surface area contributed by atoms with Crippen molar-refractivity contribution in [3.63, 3.8) is 0 Å². The first kappa shape index (κ1) is 13.1. The summed E-state index contributed by atoms with van der Waals surface area (Å²) in [5.74, 6) is 0.719. The third kappa shape index (κ3) is 2.82. The predicted molar refractivity (Wildman–Crippen MR) is 82.5 cm³/mol. The number of nitrogens with one attached hydrogen (secondary N) is 1. The number of anilines is 2. The molecule has 1 aromatic heterocycles. The zero-order valence-electron chi connectivity index (χ0n) is 11.3. The molecule has 1 unspecified atom stereocenters. The molecule has 0 saturated heterocycles. The molecule has 1 amide bonds. The van der Waals surface area contributed by atoms with Gasteiger partial charge in [-0.3, -0.25) is 4.79 Å². The van der Waals surface area contributed by atoms with Gasteiger partial charge >= 0.3 is 0 Å². The molecule has 1 aromatic carbocycles. The number of aromatic nitrogens is 1. The van der Waals surface area contributed by atoms with Crippen molar-refractivity contribution in [2.45, 2.75) is 19.8 Å². The number of nitrogen functional groups attached to an aromatic ring is 1. The summed E-state index contributed by atoms with van der Waals surface area (Å²) in [6.45, 7) is 1.99. The van der Waals surface area contributed by atoms with Crippen molar-refractivity contribution in [3.05, 3.63) is 29.6 Å². The smallest absolute Gasteiger partial charge is 0.229 e. The van der Waals surface area contributed by atoms with Gasteiger partial charge in [0.1, 0.15) is 0 Å². The average molecular weight is 287 g/mol. The molecular weight excluding hydrogens is 270 g/mol. The number of nitrogens with two attached hydrogens (primary N) is 1. The summed E-state index contributed by atoms with van der Waals surface area (Å²) in [6, 6.07) is 7.57. The Morgan fingerprint density at radius 2 is 2.10 bits per heavy atom. The van der Waals surface area contributed by atoms with E-state index in [9.17, 15) is 4.79 Å². The van der Waals surface area contributed by atoms with Crippen LogP contribution in [0, 0.1) is 11.8 Å². The molecule has 1 aliphatic carbocycles. The van der Waals surface area contributed by atoms with Crippen LogP contribution < -0.4 is 11.1 Å². The van der Waals surface area contributed by atoms with E-state index in [1.807, 2.05) is 36.6 Å². The fraction of sp³-hybridized carbons (Fsp3) is 0.333. The SMILES string of the molecule is CC(C(=O)Nc1nc(-c2ccc(N)cc2)cs1)C1CC1. The molecule has 1 atom stereocenters. The highest BCUT2D eigenvalue weighted by molar-refractivity contribution is 7.14. The van der Waals surface area contributed by atoms with Gasteiger partial charge in [0.2, 0.25) is 5.91 Å². The number of carbonyl (C=O) groups is 1. The Hall–Kier alpha value is -1.88. The van der Waals surface area contributed by atoms with Crippen molar-refractivity contribution in [2.75, 3.05) is 11.1 Å². The van der Waals surface area contributed by atoms with E-state index >= 15 is 0 Å². The molecule has 2 aromatic rings. The Balaban J connectivity index is 1.70. The summed E-state index contributed by atoms with van der Waals surface area (Å²) >= 11 is 1.45. The zero-order valence-corrected chi connectivity index (χ0v) is 12.1. The Bertz CT molecular complexity index is 616. The van der Waals surface area contributed by atoms with Crippen molar-refractivity contribution >= 4 is 28.1 Å². The van der Waals surface area contributed by atoms with E-state index in [4.69, 9.17) is 5.73 Å². The van der Waals surface area contributed by atoms with Crippen LogP contribution in [-0.4, -0.2) is 10.9 Å². The first-order chi connectivity index (χ1) is 9.63. The van der Waals surface area contributed by atoms with E-state index in [2.05, 4.69) is 10.3 Å². The van der Waals surface area contributed by atoms with Crippen LogP contribution in [0.25, 0.3) is 11.3 Å². The van der Waals surface area contributed by atoms with Gasteiger partial charge in [0.15, 0.2) is 5.13 Å². The maximum absolute atomic E-state index is 12.0. The summed E-state index contributed by atoms with van der Waals surface area (Å²) in [5.41, 5.74) is 8.27. The Morgan fingerprint density at radius 3 is 2.75 bits per heavy atom. The molecule has 0 spiro atoms. The van der Waals surface area contributed by atoms with E-state index < -0.39 is 0 Å². The molecule has 20 heavy (non-hydrogen) atoms. The van der Waals surface area contributed by atoms with Gasteiger partial charge in [-0.2, -0.15) is 0 Å². The summed E-state index contributed by atoms with van der Waals surface area (Å²) in [4.78, 5) is 16.5. The van der Waals surface area contributed by atoms with Crippen LogP contribution in [-0.2, 0) is 4.79 Å². The molecule has 3 N–H and O–H groups in total. The highest BCUT2D eigenvalue weighted by Crippen LogP contribution is 2.37. The zero-order chi connectivity index (χ0) is 14.1. The van der Waals surface area contributed by atoms with Gasteiger partial charge in [-0.25, -0.2) is 4.98 Å². The minimum atomic E-state index is 0.0747. The lowest BCUT2D eigenvalue weighted by Gasteiger charge is -2.08. The average Bonchev–Trinajstić information content (AvgIpc) is 3.19. The molecule has 1 aliphatic rings. The minimum Gasteiger partial charge on any atom is -0.399 e. The number of carbonyl (C=O) groups excluding carboxylic acids is 1. The Labute approximate surface area is 122 Å². The molecule has 4 nitrogen and oxygen atoms in total. The first-order valence-electron chi connectivity index (χ1n) is 6.76. The Kier molecular flexibility index (Phi) is 3.44. The second-order valence-corrected chi connectivity index (χ2v) is 6.13. The second-order valence-electron chi connectivity index (χ2n) is 5.28. The molecule has 1 fully saturated rings. The highest BCUT2D eigenvalue weighted by Gasteiger charge is 2.32. The van der Waals surface area contributed by atoms with Gasteiger partial charge in [0, 0.05) is 22.5 Å². The third-order valence-electron chi connectivity index (χ3n) is 3.68. The van der Waals surface area contributed by atoms with Gasteiger partial charge in [0.05, 0.1) is 5.69 Å². The lowest BCUT2D eigenvalue weighted by molar-refractivity contribution is -0.119. The molecule has 0 radical (unpaired) electrons. The molecule has 3 rings (SSSR count). The minimum absolute atomic E-state index is 0.0747. The first-order valence-corrected chi connectivity index (χ1v) is 7.64. The van der Waals surface area contributed by atoms with Crippen LogP contribution in [0.1, 0.15) is 19.8 Å². The van der Waals surface area contributed by atoms with Crippen LogP contribution in [0.5, 0.6) is 0 Å². The summed E-state index contributed by atoms with van der Waals surface area (Å²) in [5, 5.41) is 5.52. The standard InChI is InChI=1S/C15H17N3OS/c1-9(10-2-3-10)14(19)18-15-17-13(8-20-15)11-4-6-12(16)7-5-11/h4-10H,2-3,16H2,1H3,(H,17,18,19). The van der Waals surface area contributed by atoms with E-state index in [-0.39, 0.29) is 11.8 Å². The molecule has 0 aliphatic heterocycles. The molecule has 1 heterocycles. The quantitative estimate of drug-likeness (QED) is 0.847. The lowest BCUT2D eigenvalue weighted by Crippen LogP contribution is -2.21. The molecule has 0 bridgehead atoms. The topological polar surface area (TPSA) is 68.0 Å². The van der Waals surface area contributed by atoms with Crippen molar-refractivity contribution in [2.24, 2.45) is 11.8 Å². The maximum Gasteiger partial charge on any atom is 0.229 e. The number of nitrogens with zero attached hydrogens (tertiary/aromatic N) is 1. The van der Waals surface area contributed by atoms with Gasteiger partial charge in [-0.1, -0.05) is 19.1 Å². The third-order valence-corrected chi connectivity index (χ3v) is 4.44. The molecule has 5 heteroatoms. The van der Waals surface area contributed by atoms with Crippen LogP contribution >= 0.6 is 11.3 Å². The fourth-order valence-electron chi connectivity index (χ4n) is 2.15. The predicted octanol–water partition coefficient (Wildman–Crippen LogP) is 3.38. The monoisotopic (exact) mass is 287 g/mol. The second kappa shape index (κ2) is 5.25. The molecular formula is C15H17N3OS. The van der Waals surface area contributed by atoms with Crippen LogP contribution in [0.4, 0.5) is 10.8 Å². The summed E-state index contributed by atoms with van der Waals surface area (Å²) in [6.07, 6.45) is 2.34. The van der Waals surface area contributed by atoms with E-state index in [1.54, 1.807) is 0 Å². The number of benzene rings is 1. The largest absolute Gasteiger partial charge is 0.399 e.